The zero-order chi connectivity index (χ0) is 32.4. The Morgan fingerprint density at radius 1 is 1.17 bits per heavy atom. The van der Waals surface area contributed by atoms with Crippen LogP contribution in [0.15, 0.2) is 36.8 Å². The molecule has 0 saturated carbocycles. The zero-order valence-electron chi connectivity index (χ0n) is 26.3. The molecule has 242 valence electrons. The summed E-state index contributed by atoms with van der Waals surface area (Å²) < 4.78 is 25.5. The van der Waals surface area contributed by atoms with Gasteiger partial charge in [0.1, 0.15) is 29.2 Å². The minimum Gasteiger partial charge on any atom is -0.493 e. The van der Waals surface area contributed by atoms with Crippen LogP contribution >= 0.6 is 23.2 Å². The van der Waals surface area contributed by atoms with E-state index in [1.165, 1.54) is 12.4 Å². The first kappa shape index (κ1) is 32.3. The molecule has 5 heterocycles. The van der Waals surface area contributed by atoms with Gasteiger partial charge in [-0.05, 0) is 45.2 Å². The first-order valence-electron chi connectivity index (χ1n) is 15.3. The lowest BCUT2D eigenvalue weighted by atomic mass is 9.91. The molecule has 0 bridgehead atoms. The molecular weight excluding hydrogens is 629 g/mol. The lowest BCUT2D eigenvalue weighted by Crippen LogP contribution is -2.68. The molecule has 4 aromatic rings. The third-order valence-corrected chi connectivity index (χ3v) is 9.16. The van der Waals surface area contributed by atoms with Crippen LogP contribution in [0.25, 0.3) is 22.2 Å². The number of benzene rings is 1. The molecule has 2 aliphatic heterocycles. The van der Waals surface area contributed by atoms with E-state index in [2.05, 4.69) is 33.2 Å². The molecular formula is C33H37Cl2N7O4. The van der Waals surface area contributed by atoms with Crippen LogP contribution in [-0.4, -0.2) is 72.4 Å². The summed E-state index contributed by atoms with van der Waals surface area (Å²) in [6.45, 7) is 7.48. The predicted molar refractivity (Wildman–Crippen MR) is 177 cm³/mol. The Kier molecular flexibility index (Phi) is 9.54. The van der Waals surface area contributed by atoms with Gasteiger partial charge in [-0.3, -0.25) is 4.98 Å². The largest absolute Gasteiger partial charge is 0.493 e. The number of aromatic nitrogens is 4. The van der Waals surface area contributed by atoms with Crippen LogP contribution < -0.4 is 19.7 Å². The summed E-state index contributed by atoms with van der Waals surface area (Å²) in [4.78, 5) is 10.8. The second-order valence-electron chi connectivity index (χ2n) is 11.9. The van der Waals surface area contributed by atoms with Crippen molar-refractivity contribution < 1.29 is 18.9 Å². The molecule has 11 nitrogen and oxygen atoms in total. The SMILES string of the molecule is COCCNC1(C)CN(c2nccc(-c3nn(C4CCCCO4)c4cc(OC)c(O[C@H](C)c5c(Cl)cncc5Cl)cc34)c2C#N)C1. The summed E-state index contributed by atoms with van der Waals surface area (Å²) >= 11 is 12.9. The van der Waals surface area contributed by atoms with Gasteiger partial charge < -0.3 is 29.2 Å². The number of nitrogens with zero attached hydrogens (tertiary/aromatic N) is 6. The molecule has 0 amide bonds. The second-order valence-corrected chi connectivity index (χ2v) is 12.7. The molecule has 0 spiro atoms. The molecule has 1 N–H and O–H groups in total. The normalized spacial score (nSPS) is 18.2. The number of anilines is 1. The first-order chi connectivity index (χ1) is 22.3. The van der Waals surface area contributed by atoms with Gasteiger partial charge in [0.05, 0.1) is 34.8 Å². The zero-order valence-corrected chi connectivity index (χ0v) is 27.9. The molecule has 0 aliphatic carbocycles. The van der Waals surface area contributed by atoms with Crippen molar-refractivity contribution in [3.63, 3.8) is 0 Å². The number of hydrogen-bond donors (Lipinski definition) is 1. The van der Waals surface area contributed by atoms with Crippen molar-refractivity contribution in [2.45, 2.75) is 51.0 Å². The Balaban J connectivity index is 1.44. The summed E-state index contributed by atoms with van der Waals surface area (Å²) in [7, 11) is 3.28. The van der Waals surface area contributed by atoms with Gasteiger partial charge >= 0.3 is 0 Å². The Hall–Kier alpha value is -3.66. The minimum absolute atomic E-state index is 0.102. The highest BCUT2D eigenvalue weighted by Crippen LogP contribution is 2.43. The highest BCUT2D eigenvalue weighted by atomic mass is 35.5. The Morgan fingerprint density at radius 3 is 2.63 bits per heavy atom. The maximum absolute atomic E-state index is 10.5. The Bertz CT molecular complexity index is 1740. The van der Waals surface area contributed by atoms with E-state index in [1.807, 2.05) is 29.8 Å². The van der Waals surface area contributed by atoms with E-state index in [1.54, 1.807) is 20.4 Å². The number of rotatable bonds is 11. The second kappa shape index (κ2) is 13.6. The fraction of sp³-hybridized carbons (Fsp3) is 0.455. The van der Waals surface area contributed by atoms with E-state index in [0.29, 0.717) is 76.0 Å². The van der Waals surface area contributed by atoms with E-state index >= 15 is 0 Å². The van der Waals surface area contributed by atoms with E-state index < -0.39 is 6.10 Å². The standard InChI is InChI=1S/C33H37Cl2N7O4/c1-20(30-24(34)16-37-17-25(30)35)46-28-13-22-26(14-27(28)44-4)42(29-7-5-6-11-45-29)40-31(22)21-8-9-38-32(23(21)15-36)41-18-33(2,19-41)39-10-12-43-3/h8-9,13-14,16-17,20,29,39H,5-7,10-12,18-19H2,1-4H3/t20-,29?/m1/s1. The molecule has 46 heavy (non-hydrogen) atoms. The van der Waals surface area contributed by atoms with Gasteiger partial charge in [0.2, 0.25) is 0 Å². The summed E-state index contributed by atoms with van der Waals surface area (Å²) in [5.74, 6) is 1.62. The van der Waals surface area contributed by atoms with Gasteiger partial charge in [-0.15, -0.1) is 0 Å². The number of halogens is 2. The maximum Gasteiger partial charge on any atom is 0.162 e. The van der Waals surface area contributed by atoms with Crippen molar-refractivity contribution in [1.29, 1.82) is 5.26 Å². The smallest absolute Gasteiger partial charge is 0.162 e. The minimum atomic E-state index is -0.519. The number of pyridine rings is 2. The molecule has 2 saturated heterocycles. The predicted octanol–water partition coefficient (Wildman–Crippen LogP) is 6.33. The van der Waals surface area contributed by atoms with Gasteiger partial charge in [0, 0.05) is 74.5 Å². The molecule has 3 aromatic heterocycles. The van der Waals surface area contributed by atoms with Crippen molar-refractivity contribution in [2.24, 2.45) is 0 Å². The van der Waals surface area contributed by atoms with Crippen molar-refractivity contribution in [1.82, 2.24) is 25.1 Å². The summed E-state index contributed by atoms with van der Waals surface area (Å²) in [5.41, 5.74) is 3.09. The summed E-state index contributed by atoms with van der Waals surface area (Å²) in [6, 6.07) is 8.08. The van der Waals surface area contributed by atoms with Crippen molar-refractivity contribution >= 4 is 39.9 Å². The fourth-order valence-electron chi connectivity index (χ4n) is 6.30. The molecule has 13 heteroatoms. The van der Waals surface area contributed by atoms with Gasteiger partial charge in [-0.25, -0.2) is 9.67 Å². The number of hydrogen-bond acceptors (Lipinski definition) is 10. The van der Waals surface area contributed by atoms with Gasteiger partial charge in [0.25, 0.3) is 0 Å². The van der Waals surface area contributed by atoms with Crippen molar-refractivity contribution in [2.75, 3.05) is 52.0 Å². The van der Waals surface area contributed by atoms with Crippen LogP contribution in [0.1, 0.15) is 56.6 Å². The van der Waals surface area contributed by atoms with Crippen LogP contribution in [0, 0.1) is 11.3 Å². The van der Waals surface area contributed by atoms with E-state index in [0.717, 1.165) is 36.7 Å². The maximum atomic E-state index is 10.5. The summed E-state index contributed by atoms with van der Waals surface area (Å²) in [5, 5.41) is 20.8. The number of ether oxygens (including phenoxy) is 4. The van der Waals surface area contributed by atoms with Gasteiger partial charge in [-0.1, -0.05) is 23.2 Å². The Labute approximate surface area is 278 Å². The molecule has 6 rings (SSSR count). The highest BCUT2D eigenvalue weighted by molar-refractivity contribution is 6.35. The van der Waals surface area contributed by atoms with E-state index in [9.17, 15) is 5.26 Å². The van der Waals surface area contributed by atoms with Crippen LogP contribution in [0.3, 0.4) is 0 Å². The monoisotopic (exact) mass is 665 g/mol. The number of nitriles is 1. The molecule has 2 atom stereocenters. The van der Waals surface area contributed by atoms with Gasteiger partial charge in [-0.2, -0.15) is 10.4 Å². The lowest BCUT2D eigenvalue weighted by Gasteiger charge is -2.49. The number of fused-ring (bicyclic) bond motifs is 1. The highest BCUT2D eigenvalue weighted by Gasteiger charge is 2.40. The van der Waals surface area contributed by atoms with E-state index in [4.69, 9.17) is 47.2 Å². The average molecular weight is 667 g/mol. The van der Waals surface area contributed by atoms with Crippen molar-refractivity contribution in [3.8, 4) is 28.8 Å². The summed E-state index contributed by atoms with van der Waals surface area (Å²) in [6.07, 6.45) is 6.89. The van der Waals surface area contributed by atoms with Crippen LogP contribution in [-0.2, 0) is 9.47 Å². The molecule has 2 aliphatic rings. The Morgan fingerprint density at radius 2 is 1.96 bits per heavy atom. The van der Waals surface area contributed by atoms with Crippen LogP contribution in [0.5, 0.6) is 11.5 Å². The third kappa shape index (κ3) is 6.20. The number of methoxy groups -OCH3 is 2. The molecule has 1 aromatic carbocycles. The molecule has 1 unspecified atom stereocenters. The van der Waals surface area contributed by atoms with E-state index in [-0.39, 0.29) is 11.8 Å². The first-order valence-corrected chi connectivity index (χ1v) is 16.1. The fourth-order valence-corrected chi connectivity index (χ4v) is 6.97. The molecule has 2 fully saturated rings. The van der Waals surface area contributed by atoms with Crippen molar-refractivity contribution in [3.05, 3.63) is 58.0 Å². The van der Waals surface area contributed by atoms with Crippen LogP contribution in [0.4, 0.5) is 5.82 Å². The van der Waals surface area contributed by atoms with Crippen LogP contribution in [0.2, 0.25) is 10.0 Å². The lowest BCUT2D eigenvalue weighted by molar-refractivity contribution is -0.0365. The van der Waals surface area contributed by atoms with Gasteiger partial charge in [0.15, 0.2) is 17.7 Å². The molecule has 0 radical (unpaired) electrons. The third-order valence-electron chi connectivity index (χ3n) is 8.56. The number of nitrogens with one attached hydrogen (secondary N) is 1. The topological polar surface area (TPSA) is 120 Å². The quantitative estimate of drug-likeness (QED) is 0.182. The average Bonchev–Trinajstić information content (AvgIpc) is 3.41.